The maximum Gasteiger partial charge on any atom is 0.233 e. The van der Waals surface area contributed by atoms with Gasteiger partial charge in [0.15, 0.2) is 9.84 Å². The summed E-state index contributed by atoms with van der Waals surface area (Å²) in [4.78, 5) is 16.0. The zero-order valence-electron chi connectivity index (χ0n) is 14.1. The van der Waals surface area contributed by atoms with Crippen molar-refractivity contribution >= 4 is 38.5 Å². The first kappa shape index (κ1) is 18.5. The Hall–Kier alpha value is -2.29. The van der Waals surface area contributed by atoms with E-state index in [-0.39, 0.29) is 17.9 Å². The lowest BCUT2D eigenvalue weighted by Crippen LogP contribution is -2.30. The number of rotatable bonds is 7. The number of carbonyl (C=O) groups excluding carboxylic acids is 1. The molecule has 26 heavy (non-hydrogen) atoms. The van der Waals surface area contributed by atoms with Gasteiger partial charge in [-0.3, -0.25) is 15.0 Å². The highest BCUT2D eigenvalue weighted by Gasteiger charge is 2.28. The second kappa shape index (κ2) is 7.53. The van der Waals surface area contributed by atoms with Gasteiger partial charge in [0.2, 0.25) is 6.41 Å². The van der Waals surface area contributed by atoms with Gasteiger partial charge in [0.1, 0.15) is 6.04 Å². The minimum atomic E-state index is -3.59. The minimum Gasteiger partial charge on any atom is -0.285 e. The molecular formula is C18H18N2O4S2. The summed E-state index contributed by atoms with van der Waals surface area (Å²) in [5, 5.41) is 13.0. The highest BCUT2D eigenvalue weighted by Crippen LogP contribution is 2.29. The van der Waals surface area contributed by atoms with Crippen molar-refractivity contribution in [2.45, 2.75) is 18.7 Å². The number of hydrogen-bond donors (Lipinski definition) is 1. The van der Waals surface area contributed by atoms with Crippen molar-refractivity contribution in [3.05, 3.63) is 64.0 Å². The molecule has 0 unspecified atom stereocenters. The molecule has 0 radical (unpaired) electrons. The third kappa shape index (κ3) is 4.09. The van der Waals surface area contributed by atoms with E-state index in [9.17, 15) is 18.4 Å². The third-order valence-electron chi connectivity index (χ3n) is 4.08. The second-order valence-electron chi connectivity index (χ2n) is 6.06. The fourth-order valence-electron chi connectivity index (χ4n) is 2.82. The van der Waals surface area contributed by atoms with Crippen LogP contribution < -0.4 is 0 Å². The van der Waals surface area contributed by atoms with Crippen LogP contribution in [0, 0.1) is 6.92 Å². The maximum atomic E-state index is 12.7. The Morgan fingerprint density at radius 2 is 2.08 bits per heavy atom. The lowest BCUT2D eigenvalue weighted by atomic mass is 10.2. The molecule has 0 saturated heterocycles. The Morgan fingerprint density at radius 3 is 2.77 bits per heavy atom. The van der Waals surface area contributed by atoms with Crippen molar-refractivity contribution in [1.82, 2.24) is 10.0 Å². The number of para-hydroxylation sites is 1. The highest BCUT2D eigenvalue weighted by atomic mass is 32.2. The molecule has 6 nitrogen and oxygen atoms in total. The first-order valence-corrected chi connectivity index (χ1v) is 10.6. The van der Waals surface area contributed by atoms with Gasteiger partial charge < -0.3 is 0 Å². The molecule has 3 rings (SSSR count). The topological polar surface area (TPSA) is 87.6 Å². The average molecular weight is 390 g/mol. The average Bonchev–Trinajstić information content (AvgIpc) is 3.04. The number of amides is 1. The van der Waals surface area contributed by atoms with E-state index in [4.69, 9.17) is 0 Å². The van der Waals surface area contributed by atoms with Gasteiger partial charge in [0.05, 0.1) is 17.0 Å². The van der Waals surface area contributed by atoms with E-state index >= 15 is 0 Å². The van der Waals surface area contributed by atoms with Crippen LogP contribution in [0.1, 0.15) is 22.0 Å². The summed E-state index contributed by atoms with van der Waals surface area (Å²) >= 11 is 1.31. The summed E-state index contributed by atoms with van der Waals surface area (Å²) in [6.45, 7) is 1.82. The van der Waals surface area contributed by atoms with Crippen LogP contribution in [0.3, 0.4) is 0 Å². The Kier molecular flexibility index (Phi) is 5.36. The molecule has 0 aliphatic heterocycles. The molecule has 3 aromatic rings. The van der Waals surface area contributed by atoms with Gasteiger partial charge in [-0.2, -0.15) is 0 Å². The summed E-state index contributed by atoms with van der Waals surface area (Å²) in [5.41, 5.74) is 2.20. The predicted molar refractivity (Wildman–Crippen MR) is 101 cm³/mol. The number of carbonyl (C=O) groups is 1. The SMILES string of the molecule is Cc1ccsc1[C@@H](CS(=O)(=O)Cc1cnc2ccccc2c1)N(O)C=O. The molecule has 0 aliphatic carbocycles. The number of fused-ring (bicyclic) bond motifs is 1. The lowest BCUT2D eigenvalue weighted by Gasteiger charge is -2.22. The maximum absolute atomic E-state index is 12.7. The van der Waals surface area contributed by atoms with Crippen LogP contribution >= 0.6 is 11.3 Å². The Balaban J connectivity index is 1.85. The minimum absolute atomic E-state index is 0.210. The molecule has 0 aliphatic rings. The van der Waals surface area contributed by atoms with Crippen LogP contribution in [0.4, 0.5) is 0 Å². The number of hydrogen-bond acceptors (Lipinski definition) is 6. The van der Waals surface area contributed by atoms with E-state index in [1.165, 1.54) is 11.3 Å². The van der Waals surface area contributed by atoms with Crippen molar-refractivity contribution in [3.63, 3.8) is 0 Å². The molecule has 2 heterocycles. The monoisotopic (exact) mass is 390 g/mol. The number of sulfone groups is 1. The summed E-state index contributed by atoms with van der Waals surface area (Å²) in [6, 6.07) is 10.2. The summed E-state index contributed by atoms with van der Waals surface area (Å²) in [5.74, 6) is -0.575. The molecule has 1 atom stereocenters. The smallest absolute Gasteiger partial charge is 0.233 e. The fraction of sp³-hybridized carbons (Fsp3) is 0.222. The van der Waals surface area contributed by atoms with Gasteiger partial charge in [0.25, 0.3) is 0 Å². The zero-order chi connectivity index (χ0) is 18.7. The number of hydroxylamine groups is 2. The number of benzene rings is 1. The summed E-state index contributed by atoms with van der Waals surface area (Å²) in [6.07, 6.45) is 1.78. The largest absolute Gasteiger partial charge is 0.285 e. The van der Waals surface area contributed by atoms with E-state index in [2.05, 4.69) is 4.98 Å². The van der Waals surface area contributed by atoms with Crippen LogP contribution in [0.2, 0.25) is 0 Å². The van der Waals surface area contributed by atoms with Crippen LogP contribution in [-0.4, -0.2) is 35.8 Å². The number of nitrogens with zero attached hydrogens (tertiary/aromatic N) is 2. The molecule has 0 saturated carbocycles. The molecule has 2 aromatic heterocycles. The standard InChI is InChI=1S/C18H18N2O4S2/c1-13-6-7-25-18(13)17(20(22)12-21)11-26(23,24)10-14-8-15-4-2-3-5-16(15)19-9-14/h2-9,12,17,22H,10-11H2,1H3/t17-/m1/s1. The quantitative estimate of drug-likeness (QED) is 0.380. The number of pyridine rings is 1. The van der Waals surface area contributed by atoms with Gasteiger partial charge >= 0.3 is 0 Å². The first-order valence-electron chi connectivity index (χ1n) is 7.90. The molecule has 8 heteroatoms. The normalized spacial score (nSPS) is 12.8. The van der Waals surface area contributed by atoms with Gasteiger partial charge in [0, 0.05) is 16.5 Å². The summed E-state index contributed by atoms with van der Waals surface area (Å²) < 4.78 is 25.4. The summed E-state index contributed by atoms with van der Waals surface area (Å²) in [7, 11) is -3.59. The number of aromatic nitrogens is 1. The molecule has 0 spiro atoms. The van der Waals surface area contributed by atoms with Crippen molar-refractivity contribution < 1.29 is 18.4 Å². The van der Waals surface area contributed by atoms with Crippen LogP contribution in [-0.2, 0) is 20.4 Å². The van der Waals surface area contributed by atoms with Crippen molar-refractivity contribution in [2.24, 2.45) is 0 Å². The van der Waals surface area contributed by atoms with E-state index in [1.54, 1.807) is 17.6 Å². The molecule has 1 amide bonds. The fourth-order valence-corrected chi connectivity index (χ4v) is 5.53. The van der Waals surface area contributed by atoms with E-state index in [0.29, 0.717) is 15.5 Å². The second-order valence-corrected chi connectivity index (χ2v) is 9.12. The van der Waals surface area contributed by atoms with Gasteiger partial charge in [-0.25, -0.2) is 13.5 Å². The van der Waals surface area contributed by atoms with E-state index in [0.717, 1.165) is 16.5 Å². The number of aryl methyl sites for hydroxylation is 1. The molecule has 1 aromatic carbocycles. The Labute approximate surface area is 155 Å². The zero-order valence-corrected chi connectivity index (χ0v) is 15.7. The van der Waals surface area contributed by atoms with Crippen molar-refractivity contribution in [1.29, 1.82) is 0 Å². The molecule has 136 valence electrons. The van der Waals surface area contributed by atoms with Crippen LogP contribution in [0.25, 0.3) is 10.9 Å². The Morgan fingerprint density at radius 1 is 1.31 bits per heavy atom. The van der Waals surface area contributed by atoms with Gasteiger partial charge in [-0.05, 0) is 41.6 Å². The first-order chi connectivity index (χ1) is 12.4. The molecule has 0 bridgehead atoms. The van der Waals surface area contributed by atoms with E-state index < -0.39 is 15.9 Å². The van der Waals surface area contributed by atoms with Crippen LogP contribution in [0.5, 0.6) is 0 Å². The molecule has 1 N–H and O–H groups in total. The van der Waals surface area contributed by atoms with E-state index in [1.807, 2.05) is 37.3 Å². The lowest BCUT2D eigenvalue weighted by molar-refractivity contribution is -0.158. The van der Waals surface area contributed by atoms with Crippen LogP contribution in [0.15, 0.2) is 48.0 Å². The highest BCUT2D eigenvalue weighted by molar-refractivity contribution is 7.90. The molecular weight excluding hydrogens is 372 g/mol. The predicted octanol–water partition coefficient (Wildman–Crippen LogP) is 3.11. The number of thiophene rings is 1. The van der Waals surface area contributed by atoms with Crippen molar-refractivity contribution in [3.8, 4) is 0 Å². The van der Waals surface area contributed by atoms with Gasteiger partial charge in [-0.15, -0.1) is 11.3 Å². The molecule has 0 fully saturated rings. The third-order valence-corrected chi connectivity index (χ3v) is 6.79. The van der Waals surface area contributed by atoms with Crippen molar-refractivity contribution in [2.75, 3.05) is 5.75 Å². The Bertz CT molecular complexity index is 1030. The van der Waals surface area contributed by atoms with Gasteiger partial charge in [-0.1, -0.05) is 18.2 Å².